The Morgan fingerprint density at radius 3 is 2.28 bits per heavy atom. The Morgan fingerprint density at radius 2 is 1.64 bits per heavy atom. The second-order valence-electron chi connectivity index (χ2n) is 6.70. The van der Waals surface area contributed by atoms with E-state index in [-0.39, 0.29) is 0 Å². The molecule has 1 heterocycles. The van der Waals surface area contributed by atoms with Gasteiger partial charge in [-0.05, 0) is 42.0 Å². The van der Waals surface area contributed by atoms with Crippen LogP contribution in [0.4, 0.5) is 0 Å². The van der Waals surface area contributed by atoms with E-state index in [1.807, 2.05) is 18.2 Å². The maximum atomic E-state index is 12.5. The largest absolute Gasteiger partial charge is 0.312 e. The summed E-state index contributed by atoms with van der Waals surface area (Å²) in [6, 6.07) is 17.7. The van der Waals surface area contributed by atoms with Crippen LogP contribution in [0.25, 0.3) is 0 Å². The third-order valence-electron chi connectivity index (χ3n) is 4.77. The monoisotopic (exact) mass is 358 g/mol. The fourth-order valence-corrected chi connectivity index (χ4v) is 4.71. The van der Waals surface area contributed by atoms with Gasteiger partial charge in [0, 0.05) is 26.2 Å². The van der Waals surface area contributed by atoms with Crippen LogP contribution >= 0.6 is 0 Å². The van der Waals surface area contributed by atoms with Gasteiger partial charge in [0.25, 0.3) is 0 Å². The molecule has 1 fully saturated rings. The summed E-state index contributed by atoms with van der Waals surface area (Å²) >= 11 is 0. The highest BCUT2D eigenvalue weighted by Crippen LogP contribution is 2.21. The van der Waals surface area contributed by atoms with Crippen LogP contribution in [0, 0.1) is 0 Å². The van der Waals surface area contributed by atoms with Crippen molar-refractivity contribution in [2.45, 2.75) is 37.1 Å². The van der Waals surface area contributed by atoms with Crippen molar-refractivity contribution in [2.24, 2.45) is 0 Å². The Hall–Kier alpha value is -1.69. The molecular formula is C20H26N2O2S. The fraction of sp³-hybridized carbons (Fsp3) is 0.400. The van der Waals surface area contributed by atoms with Crippen molar-refractivity contribution in [1.82, 2.24) is 9.62 Å². The Balaban J connectivity index is 1.54. The van der Waals surface area contributed by atoms with Gasteiger partial charge >= 0.3 is 0 Å². The third-order valence-corrected chi connectivity index (χ3v) is 6.69. The highest BCUT2D eigenvalue weighted by atomic mass is 32.2. The average molecular weight is 359 g/mol. The standard InChI is InChI=1S/C20H26N2O2S/c1-17(19-7-3-2-4-8-19)15-21-16-18-9-11-20(12-10-18)25(23,24)22-13-5-6-14-22/h2-4,7-12,17,21H,5-6,13-16H2,1H3. The van der Waals surface area contributed by atoms with Gasteiger partial charge in [-0.3, -0.25) is 0 Å². The second kappa shape index (κ2) is 8.13. The Kier molecular flexibility index (Phi) is 5.89. The minimum Gasteiger partial charge on any atom is -0.312 e. The Morgan fingerprint density at radius 1 is 1.00 bits per heavy atom. The van der Waals surface area contributed by atoms with E-state index in [4.69, 9.17) is 0 Å². The quantitative estimate of drug-likeness (QED) is 0.826. The van der Waals surface area contributed by atoms with E-state index >= 15 is 0 Å². The number of hydrogen-bond acceptors (Lipinski definition) is 3. The van der Waals surface area contributed by atoms with Crippen molar-refractivity contribution in [2.75, 3.05) is 19.6 Å². The van der Waals surface area contributed by atoms with E-state index < -0.39 is 10.0 Å². The predicted molar refractivity (Wildman–Crippen MR) is 101 cm³/mol. The summed E-state index contributed by atoms with van der Waals surface area (Å²) in [5, 5.41) is 3.45. The Labute approximate surface area is 150 Å². The molecule has 0 radical (unpaired) electrons. The molecule has 4 nitrogen and oxygen atoms in total. The van der Waals surface area contributed by atoms with Gasteiger partial charge in [-0.25, -0.2) is 8.42 Å². The molecule has 0 aromatic heterocycles. The van der Waals surface area contributed by atoms with Crippen molar-refractivity contribution < 1.29 is 8.42 Å². The number of hydrogen-bond donors (Lipinski definition) is 1. The molecule has 1 N–H and O–H groups in total. The smallest absolute Gasteiger partial charge is 0.243 e. The van der Waals surface area contributed by atoms with Gasteiger partial charge in [0.15, 0.2) is 0 Å². The highest BCUT2D eigenvalue weighted by molar-refractivity contribution is 7.89. The second-order valence-corrected chi connectivity index (χ2v) is 8.64. The molecule has 0 bridgehead atoms. The first-order valence-corrected chi connectivity index (χ1v) is 10.4. The number of nitrogens with zero attached hydrogens (tertiary/aromatic N) is 1. The number of nitrogens with one attached hydrogen (secondary N) is 1. The van der Waals surface area contributed by atoms with E-state index in [2.05, 4.69) is 36.5 Å². The molecule has 0 spiro atoms. The van der Waals surface area contributed by atoms with Crippen molar-refractivity contribution in [3.05, 3.63) is 65.7 Å². The first-order chi connectivity index (χ1) is 12.1. The molecule has 1 aliphatic rings. The number of sulfonamides is 1. The molecule has 0 aliphatic carbocycles. The first-order valence-electron chi connectivity index (χ1n) is 8.92. The lowest BCUT2D eigenvalue weighted by molar-refractivity contribution is 0.477. The maximum Gasteiger partial charge on any atom is 0.243 e. The van der Waals surface area contributed by atoms with Gasteiger partial charge in [0.1, 0.15) is 0 Å². The molecule has 134 valence electrons. The lowest BCUT2D eigenvalue weighted by Gasteiger charge is -2.16. The summed E-state index contributed by atoms with van der Waals surface area (Å²) in [4.78, 5) is 0.399. The van der Waals surface area contributed by atoms with Crippen molar-refractivity contribution in [3.63, 3.8) is 0 Å². The van der Waals surface area contributed by atoms with Crippen molar-refractivity contribution in [1.29, 1.82) is 0 Å². The van der Waals surface area contributed by atoms with Gasteiger partial charge < -0.3 is 5.32 Å². The number of rotatable bonds is 7. The van der Waals surface area contributed by atoms with E-state index in [0.717, 1.165) is 31.5 Å². The molecule has 0 saturated carbocycles. The van der Waals surface area contributed by atoms with E-state index in [9.17, 15) is 8.42 Å². The van der Waals surface area contributed by atoms with Gasteiger partial charge in [-0.2, -0.15) is 4.31 Å². The van der Waals surface area contributed by atoms with Crippen LogP contribution in [-0.2, 0) is 16.6 Å². The minimum absolute atomic E-state index is 0.399. The lowest BCUT2D eigenvalue weighted by atomic mass is 10.0. The molecule has 5 heteroatoms. The zero-order valence-corrected chi connectivity index (χ0v) is 15.5. The highest BCUT2D eigenvalue weighted by Gasteiger charge is 2.26. The first kappa shape index (κ1) is 18.1. The van der Waals surface area contributed by atoms with Crippen molar-refractivity contribution >= 4 is 10.0 Å². The third kappa shape index (κ3) is 4.48. The van der Waals surface area contributed by atoms with Crippen LogP contribution in [0.2, 0.25) is 0 Å². The lowest BCUT2D eigenvalue weighted by Crippen LogP contribution is -2.27. The summed E-state index contributed by atoms with van der Waals surface area (Å²) < 4.78 is 26.6. The fourth-order valence-electron chi connectivity index (χ4n) is 3.19. The molecule has 2 aromatic carbocycles. The van der Waals surface area contributed by atoms with Crippen molar-refractivity contribution in [3.8, 4) is 0 Å². The molecule has 0 amide bonds. The minimum atomic E-state index is -3.31. The summed E-state index contributed by atoms with van der Waals surface area (Å²) in [6.45, 7) is 5.11. The van der Waals surface area contributed by atoms with Crippen LogP contribution in [0.3, 0.4) is 0 Å². The van der Waals surface area contributed by atoms with Gasteiger partial charge in [-0.1, -0.05) is 49.4 Å². The summed E-state index contributed by atoms with van der Waals surface area (Å²) in [5.41, 5.74) is 2.42. The molecule has 1 atom stereocenters. The van der Waals surface area contributed by atoms with Crippen LogP contribution < -0.4 is 5.32 Å². The van der Waals surface area contributed by atoms with E-state index in [1.165, 1.54) is 5.56 Å². The molecule has 1 aliphatic heterocycles. The van der Waals surface area contributed by atoms with Gasteiger partial charge in [0.2, 0.25) is 10.0 Å². The molecule has 3 rings (SSSR count). The van der Waals surface area contributed by atoms with Crippen LogP contribution in [0.1, 0.15) is 36.8 Å². The maximum absolute atomic E-state index is 12.5. The average Bonchev–Trinajstić information content (AvgIpc) is 3.18. The molecule has 2 aromatic rings. The number of benzene rings is 2. The molecule has 1 saturated heterocycles. The zero-order valence-electron chi connectivity index (χ0n) is 14.7. The van der Waals surface area contributed by atoms with Gasteiger partial charge in [0.05, 0.1) is 4.90 Å². The van der Waals surface area contributed by atoms with E-state index in [1.54, 1.807) is 16.4 Å². The topological polar surface area (TPSA) is 49.4 Å². The van der Waals surface area contributed by atoms with Crippen LogP contribution in [-0.4, -0.2) is 32.4 Å². The SMILES string of the molecule is CC(CNCc1ccc(S(=O)(=O)N2CCCC2)cc1)c1ccccc1. The summed E-state index contributed by atoms with van der Waals surface area (Å²) in [5.74, 6) is 0.441. The molecule has 1 unspecified atom stereocenters. The zero-order chi connectivity index (χ0) is 17.7. The summed E-state index contributed by atoms with van der Waals surface area (Å²) in [6.07, 6.45) is 1.92. The molecular weight excluding hydrogens is 332 g/mol. The van der Waals surface area contributed by atoms with Gasteiger partial charge in [-0.15, -0.1) is 0 Å². The molecule has 25 heavy (non-hydrogen) atoms. The normalized spacial score (nSPS) is 16.8. The Bertz CT molecular complexity index is 767. The predicted octanol–water partition coefficient (Wildman–Crippen LogP) is 3.36. The van der Waals surface area contributed by atoms with Crippen LogP contribution in [0.5, 0.6) is 0 Å². The van der Waals surface area contributed by atoms with E-state index in [0.29, 0.717) is 23.9 Å². The van der Waals surface area contributed by atoms with Crippen LogP contribution in [0.15, 0.2) is 59.5 Å². The summed E-state index contributed by atoms with van der Waals surface area (Å²) in [7, 11) is -3.31.